The lowest BCUT2D eigenvalue weighted by Gasteiger charge is -2.25. The van der Waals surface area contributed by atoms with E-state index in [1.165, 1.54) is 6.92 Å². The molecule has 1 unspecified atom stereocenters. The van der Waals surface area contributed by atoms with Crippen molar-refractivity contribution in [3.05, 3.63) is 33.1 Å². The fourth-order valence-electron chi connectivity index (χ4n) is 2.41. The van der Waals surface area contributed by atoms with Crippen LogP contribution in [0.25, 0.3) is 0 Å². The van der Waals surface area contributed by atoms with Gasteiger partial charge in [0.1, 0.15) is 24.9 Å². The molecule has 0 saturated carbocycles. The summed E-state index contributed by atoms with van der Waals surface area (Å²) in [5.41, 5.74) is -1.80. The van der Waals surface area contributed by atoms with Crippen LogP contribution < -0.4 is 16.3 Å². The molecule has 0 amide bonds. The number of alkyl halides is 1. The third-order valence-corrected chi connectivity index (χ3v) is 5.04. The van der Waals surface area contributed by atoms with Crippen LogP contribution in [0.5, 0.6) is 0 Å². The normalized spacial score (nSPS) is 30.6. The number of aromatic amines is 1. The lowest BCUT2D eigenvalue weighted by molar-refractivity contribution is -0.204. The minimum absolute atomic E-state index is 0.618. The molecule has 1 aliphatic rings. The van der Waals surface area contributed by atoms with Gasteiger partial charge >= 0.3 is 19.4 Å². The second-order valence-corrected chi connectivity index (χ2v) is 7.47. The van der Waals surface area contributed by atoms with E-state index in [1.807, 2.05) is 10.1 Å². The van der Waals surface area contributed by atoms with Gasteiger partial charge in [0.15, 0.2) is 6.23 Å². The van der Waals surface area contributed by atoms with E-state index in [2.05, 4.69) is 9.26 Å². The molecule has 1 aliphatic heterocycles. The predicted molar refractivity (Wildman–Crippen MR) is 87.7 cm³/mol. The predicted octanol–water partition coefficient (Wildman–Crippen LogP) is -2.28. The van der Waals surface area contributed by atoms with Gasteiger partial charge in [-0.25, -0.2) is 18.8 Å². The molecule has 0 bridgehead atoms. The summed E-state index contributed by atoms with van der Waals surface area (Å²) in [4.78, 5) is 45.6. The van der Waals surface area contributed by atoms with Crippen molar-refractivity contribution < 1.29 is 42.9 Å². The van der Waals surface area contributed by atoms with Crippen molar-refractivity contribution in [3.63, 3.8) is 0 Å². The van der Waals surface area contributed by atoms with Crippen LogP contribution in [-0.2, 0) is 23.4 Å². The minimum Gasteiger partial charge on any atom is -0.468 e. The average Bonchev–Trinajstić information content (AvgIpc) is 2.84. The van der Waals surface area contributed by atoms with Crippen LogP contribution in [0.4, 0.5) is 4.39 Å². The Hall–Kier alpha value is -1.93. The molecule has 13 nitrogen and oxygen atoms in total. The topological polar surface area (TPSA) is 189 Å². The Morgan fingerprint density at radius 3 is 2.75 bits per heavy atom. The summed E-state index contributed by atoms with van der Waals surface area (Å²) in [6.07, 6.45) is -5.09. The maximum atomic E-state index is 14.9. The van der Waals surface area contributed by atoms with E-state index < -0.39 is 61.9 Å². The summed E-state index contributed by atoms with van der Waals surface area (Å²) in [6.45, 7) is -0.152. The average molecular weight is 427 g/mol. The van der Waals surface area contributed by atoms with Crippen LogP contribution in [-0.4, -0.2) is 68.4 Å². The van der Waals surface area contributed by atoms with Gasteiger partial charge in [-0.3, -0.25) is 23.7 Å². The molecule has 1 aromatic rings. The number of nitrogens with zero attached hydrogens (tertiary/aromatic N) is 1. The molecule has 2 rings (SSSR count). The molecule has 0 aromatic carbocycles. The smallest absolute Gasteiger partial charge is 0.403 e. The lowest BCUT2D eigenvalue weighted by Crippen LogP contribution is -2.43. The van der Waals surface area contributed by atoms with Crippen molar-refractivity contribution in [1.29, 1.82) is 0 Å². The molecular formula is C13H19FN3O10P. The van der Waals surface area contributed by atoms with Gasteiger partial charge in [-0.2, -0.15) is 0 Å². The number of aromatic nitrogens is 2. The van der Waals surface area contributed by atoms with Gasteiger partial charge in [-0.1, -0.05) is 0 Å². The Labute approximate surface area is 156 Å². The summed E-state index contributed by atoms with van der Waals surface area (Å²) < 4.78 is 41.2. The zero-order valence-electron chi connectivity index (χ0n) is 14.6. The summed E-state index contributed by atoms with van der Waals surface area (Å²) in [6, 6.07) is -0.373. The zero-order valence-corrected chi connectivity index (χ0v) is 15.5. The number of rotatable bonds is 7. The SMILES string of the molecule is COC(=O)[C@H](C)NP(=O)(O)OC[C@@]1(F)O[C@@H](n2ccc(=O)[nH]c2=O)[C@H](O)[C@@H]1O. The van der Waals surface area contributed by atoms with Crippen molar-refractivity contribution in [3.8, 4) is 0 Å². The number of H-pyrrole nitrogens is 1. The van der Waals surface area contributed by atoms with Gasteiger partial charge < -0.3 is 24.6 Å². The standard InChI is InChI=1S/C13H19FN3O10P/c1-6(11(21)25-2)16-28(23,24)26-5-13(14)9(20)8(19)10(27-13)17-4-3-7(18)15-12(17)22/h3-4,6,8-10,19-20H,5H2,1-2H3,(H,15,18,22)(H2,16,23,24)/t6-,8+,9-,10+,13+/m0/s1. The number of hydrogen-bond donors (Lipinski definition) is 5. The van der Waals surface area contributed by atoms with E-state index in [1.54, 1.807) is 0 Å². The molecule has 0 aliphatic carbocycles. The highest BCUT2D eigenvalue weighted by atomic mass is 31.2. The Morgan fingerprint density at radius 2 is 2.18 bits per heavy atom. The molecule has 1 fully saturated rings. The summed E-state index contributed by atoms with van der Waals surface area (Å²) >= 11 is 0. The molecule has 28 heavy (non-hydrogen) atoms. The van der Waals surface area contributed by atoms with E-state index in [-0.39, 0.29) is 0 Å². The Balaban J connectivity index is 2.13. The van der Waals surface area contributed by atoms with Crippen LogP contribution in [0.1, 0.15) is 13.2 Å². The Morgan fingerprint density at radius 1 is 1.54 bits per heavy atom. The first-order valence-corrected chi connectivity index (χ1v) is 9.35. The molecule has 1 saturated heterocycles. The highest BCUT2D eigenvalue weighted by molar-refractivity contribution is 7.50. The van der Waals surface area contributed by atoms with E-state index >= 15 is 0 Å². The van der Waals surface area contributed by atoms with Gasteiger partial charge in [0, 0.05) is 12.3 Å². The quantitative estimate of drug-likeness (QED) is 0.233. The number of ether oxygens (including phenoxy) is 2. The third-order valence-electron chi connectivity index (χ3n) is 3.85. The molecular weight excluding hydrogens is 408 g/mol. The molecule has 0 spiro atoms. The largest absolute Gasteiger partial charge is 0.468 e. The molecule has 158 valence electrons. The second-order valence-electron chi connectivity index (χ2n) is 5.92. The first-order chi connectivity index (χ1) is 12.9. The molecule has 5 N–H and O–H groups in total. The summed E-state index contributed by atoms with van der Waals surface area (Å²) in [7, 11) is -3.70. The van der Waals surface area contributed by atoms with Crippen molar-refractivity contribution in [2.45, 2.75) is 37.3 Å². The van der Waals surface area contributed by atoms with Gasteiger partial charge in [0.05, 0.1) is 7.11 Å². The molecule has 0 radical (unpaired) electrons. The van der Waals surface area contributed by atoms with Crippen molar-refractivity contribution >= 4 is 13.7 Å². The number of nitrogens with one attached hydrogen (secondary N) is 2. The number of halogens is 1. The molecule has 6 atom stereocenters. The van der Waals surface area contributed by atoms with E-state index in [9.17, 15) is 38.4 Å². The summed E-state index contributed by atoms with van der Waals surface area (Å²) in [5.74, 6) is -4.08. The van der Waals surface area contributed by atoms with Gasteiger partial charge in [0.2, 0.25) is 0 Å². The number of methoxy groups -OCH3 is 1. The van der Waals surface area contributed by atoms with E-state index in [4.69, 9.17) is 4.74 Å². The number of aliphatic hydroxyl groups is 2. The summed E-state index contributed by atoms with van der Waals surface area (Å²) in [5, 5.41) is 21.8. The number of esters is 1. The maximum absolute atomic E-state index is 14.9. The van der Waals surface area contributed by atoms with Crippen LogP contribution in [0.2, 0.25) is 0 Å². The monoisotopic (exact) mass is 427 g/mol. The van der Waals surface area contributed by atoms with Crippen LogP contribution in [0.3, 0.4) is 0 Å². The van der Waals surface area contributed by atoms with E-state index in [0.29, 0.717) is 4.57 Å². The highest BCUT2D eigenvalue weighted by Gasteiger charge is 2.57. The number of carbonyl (C=O) groups is 1. The van der Waals surface area contributed by atoms with E-state index in [0.717, 1.165) is 19.4 Å². The third kappa shape index (κ3) is 4.72. The Bertz CT molecular complexity index is 890. The Kier molecular flexibility index (Phi) is 6.55. The van der Waals surface area contributed by atoms with Crippen LogP contribution >= 0.6 is 7.75 Å². The van der Waals surface area contributed by atoms with Gasteiger partial charge in [-0.15, -0.1) is 0 Å². The zero-order chi connectivity index (χ0) is 21.3. The number of aliphatic hydroxyl groups excluding tert-OH is 2. The maximum Gasteiger partial charge on any atom is 0.403 e. The molecule has 2 heterocycles. The number of carbonyl (C=O) groups excluding carboxylic acids is 1. The molecule has 1 aromatic heterocycles. The fraction of sp³-hybridized carbons (Fsp3) is 0.615. The van der Waals surface area contributed by atoms with Crippen LogP contribution in [0, 0.1) is 0 Å². The first kappa shape index (κ1) is 22.4. The highest BCUT2D eigenvalue weighted by Crippen LogP contribution is 2.43. The fourth-order valence-corrected chi connectivity index (χ4v) is 3.43. The first-order valence-electron chi connectivity index (χ1n) is 7.77. The van der Waals surface area contributed by atoms with Crippen molar-refractivity contribution in [2.24, 2.45) is 0 Å². The van der Waals surface area contributed by atoms with Gasteiger partial charge in [0.25, 0.3) is 11.4 Å². The lowest BCUT2D eigenvalue weighted by atomic mass is 10.1. The van der Waals surface area contributed by atoms with Crippen molar-refractivity contribution in [2.75, 3.05) is 13.7 Å². The minimum atomic E-state index is -4.74. The molecule has 15 heteroatoms. The number of hydrogen-bond acceptors (Lipinski definition) is 9. The van der Waals surface area contributed by atoms with Crippen LogP contribution in [0.15, 0.2) is 21.9 Å². The second kappa shape index (κ2) is 8.21. The van der Waals surface area contributed by atoms with Gasteiger partial charge in [-0.05, 0) is 6.92 Å². The van der Waals surface area contributed by atoms with Crippen molar-refractivity contribution in [1.82, 2.24) is 14.6 Å².